The summed E-state index contributed by atoms with van der Waals surface area (Å²) in [5.74, 6) is 0.542. The molecule has 0 spiro atoms. The molecule has 2 aromatic heterocycles. The van der Waals surface area contributed by atoms with Crippen molar-refractivity contribution in [3.05, 3.63) is 79.0 Å². The third kappa shape index (κ3) is 2.60. The predicted molar refractivity (Wildman–Crippen MR) is 97.8 cm³/mol. The molecule has 0 N–H and O–H groups in total. The Hall–Kier alpha value is -2.21. The minimum absolute atomic E-state index is 0.148. The van der Waals surface area contributed by atoms with Crippen LogP contribution in [-0.2, 0) is 0 Å². The van der Waals surface area contributed by atoms with Crippen molar-refractivity contribution in [3.8, 4) is 11.4 Å². The molecule has 0 bridgehead atoms. The van der Waals surface area contributed by atoms with Gasteiger partial charge in [-0.1, -0.05) is 70.9 Å². The molecule has 118 valence electrons. The van der Waals surface area contributed by atoms with Gasteiger partial charge in [0.2, 0.25) is 4.96 Å². The van der Waals surface area contributed by atoms with Gasteiger partial charge in [-0.3, -0.25) is 4.79 Å². The number of rotatable bonds is 2. The molecule has 4 aromatic rings. The number of fused-ring (bicyclic) bond motifs is 1. The molecule has 0 saturated carbocycles. The lowest BCUT2D eigenvalue weighted by molar-refractivity contribution is 1.09. The number of hydrogen-bond donors (Lipinski definition) is 0. The van der Waals surface area contributed by atoms with Crippen molar-refractivity contribution in [3.63, 3.8) is 0 Å². The molecule has 0 amide bonds. The minimum Gasteiger partial charge on any atom is -0.267 e. The molecule has 2 aromatic carbocycles. The number of nitrogens with zero attached hydrogens (tertiary/aromatic N) is 3. The first-order valence-electron chi connectivity index (χ1n) is 7.03. The average Bonchev–Trinajstić information content (AvgIpc) is 3.13. The molecule has 0 fully saturated rings. The van der Waals surface area contributed by atoms with Crippen LogP contribution in [0.1, 0.15) is 5.56 Å². The van der Waals surface area contributed by atoms with Crippen molar-refractivity contribution >= 4 is 45.6 Å². The predicted octanol–water partition coefficient (Wildman–Crippen LogP) is 3.67. The highest BCUT2D eigenvalue weighted by atomic mass is 35.5. The van der Waals surface area contributed by atoms with E-state index in [9.17, 15) is 4.79 Å². The van der Waals surface area contributed by atoms with Crippen LogP contribution >= 0.6 is 34.5 Å². The summed E-state index contributed by atoms with van der Waals surface area (Å²) in [6, 6.07) is 14.7. The summed E-state index contributed by atoms with van der Waals surface area (Å²) in [6.07, 6.45) is 1.78. The van der Waals surface area contributed by atoms with Gasteiger partial charge in [-0.05, 0) is 23.8 Å². The molecule has 0 aliphatic carbocycles. The lowest BCUT2D eigenvalue weighted by Gasteiger charge is -1.96. The minimum atomic E-state index is -0.148. The first-order chi connectivity index (χ1) is 11.6. The van der Waals surface area contributed by atoms with Crippen LogP contribution in [0.4, 0.5) is 0 Å². The molecule has 2 heterocycles. The second-order valence-corrected chi connectivity index (χ2v) is 6.92. The molecule has 0 aliphatic heterocycles. The zero-order valence-corrected chi connectivity index (χ0v) is 14.4. The van der Waals surface area contributed by atoms with Gasteiger partial charge in [-0.25, -0.2) is 4.40 Å². The molecule has 4 rings (SSSR count). The second-order valence-electron chi connectivity index (χ2n) is 5.10. The number of halogens is 2. The van der Waals surface area contributed by atoms with E-state index in [1.165, 1.54) is 15.7 Å². The van der Waals surface area contributed by atoms with Crippen molar-refractivity contribution in [1.82, 2.24) is 14.6 Å². The Labute approximate surface area is 150 Å². The molecule has 0 atom stereocenters. The van der Waals surface area contributed by atoms with Gasteiger partial charge in [-0.15, -0.1) is 10.2 Å². The van der Waals surface area contributed by atoms with Crippen LogP contribution in [0, 0.1) is 0 Å². The Balaban J connectivity index is 1.91. The summed E-state index contributed by atoms with van der Waals surface area (Å²) in [5, 5.41) is 9.17. The Morgan fingerprint density at radius 3 is 2.54 bits per heavy atom. The zero-order chi connectivity index (χ0) is 16.7. The van der Waals surface area contributed by atoms with Crippen LogP contribution in [0.2, 0.25) is 10.0 Å². The average molecular weight is 374 g/mol. The molecule has 0 aliphatic rings. The van der Waals surface area contributed by atoms with Crippen LogP contribution in [0.5, 0.6) is 0 Å². The van der Waals surface area contributed by atoms with E-state index in [0.717, 1.165) is 11.1 Å². The van der Waals surface area contributed by atoms with E-state index in [0.29, 0.717) is 25.4 Å². The summed E-state index contributed by atoms with van der Waals surface area (Å²) in [5.41, 5.74) is 1.51. The van der Waals surface area contributed by atoms with Crippen molar-refractivity contribution < 1.29 is 0 Å². The Morgan fingerprint density at radius 2 is 1.79 bits per heavy atom. The molecule has 7 heteroatoms. The van der Waals surface area contributed by atoms with Gasteiger partial charge in [0, 0.05) is 5.56 Å². The standard InChI is InChI=1S/C17H9Cl2N3OS/c18-12-7-6-10(8-13(12)19)9-14-16(23)22-15(20-21-17(22)24-14)11-4-2-1-3-5-11/h1-9H. The topological polar surface area (TPSA) is 47.3 Å². The van der Waals surface area contributed by atoms with Gasteiger partial charge in [0.1, 0.15) is 0 Å². The normalized spacial score (nSPS) is 12.2. The van der Waals surface area contributed by atoms with Crippen molar-refractivity contribution in [2.24, 2.45) is 0 Å². The largest absolute Gasteiger partial charge is 0.276 e. The van der Waals surface area contributed by atoms with E-state index in [2.05, 4.69) is 10.2 Å². The zero-order valence-electron chi connectivity index (χ0n) is 12.1. The molecule has 0 saturated heterocycles. The first kappa shape index (κ1) is 15.3. The van der Waals surface area contributed by atoms with Crippen molar-refractivity contribution in [2.45, 2.75) is 0 Å². The van der Waals surface area contributed by atoms with E-state index in [1.54, 1.807) is 18.2 Å². The fourth-order valence-electron chi connectivity index (χ4n) is 2.39. The number of thiazole rings is 1. The molecule has 4 nitrogen and oxygen atoms in total. The highest BCUT2D eigenvalue weighted by Crippen LogP contribution is 2.23. The monoisotopic (exact) mass is 373 g/mol. The van der Waals surface area contributed by atoms with Gasteiger partial charge >= 0.3 is 0 Å². The maximum Gasteiger partial charge on any atom is 0.276 e. The Bertz CT molecular complexity index is 1150. The second kappa shape index (κ2) is 6.02. The summed E-state index contributed by atoms with van der Waals surface area (Å²) in [4.78, 5) is 13.3. The lowest BCUT2D eigenvalue weighted by Crippen LogP contribution is -2.23. The highest BCUT2D eigenvalue weighted by molar-refractivity contribution is 7.15. The molecule has 24 heavy (non-hydrogen) atoms. The quantitative estimate of drug-likeness (QED) is 0.538. The van der Waals surface area contributed by atoms with Crippen LogP contribution in [0.3, 0.4) is 0 Å². The van der Waals surface area contributed by atoms with Gasteiger partial charge in [-0.2, -0.15) is 0 Å². The highest BCUT2D eigenvalue weighted by Gasteiger charge is 2.13. The summed E-state index contributed by atoms with van der Waals surface area (Å²) in [7, 11) is 0. The number of benzene rings is 2. The van der Waals surface area contributed by atoms with E-state index in [-0.39, 0.29) is 5.56 Å². The van der Waals surface area contributed by atoms with Crippen molar-refractivity contribution in [1.29, 1.82) is 0 Å². The van der Waals surface area contributed by atoms with Gasteiger partial charge in [0.15, 0.2) is 5.82 Å². The number of hydrogen-bond acceptors (Lipinski definition) is 4. The van der Waals surface area contributed by atoms with Crippen LogP contribution in [0.15, 0.2) is 53.3 Å². The summed E-state index contributed by atoms with van der Waals surface area (Å²) < 4.78 is 2.10. The van der Waals surface area contributed by atoms with E-state index in [4.69, 9.17) is 23.2 Å². The lowest BCUT2D eigenvalue weighted by atomic mass is 10.2. The summed E-state index contributed by atoms with van der Waals surface area (Å²) in [6.45, 7) is 0. The van der Waals surface area contributed by atoms with Gasteiger partial charge < -0.3 is 0 Å². The third-order valence-corrected chi connectivity index (χ3v) is 5.22. The maximum absolute atomic E-state index is 12.7. The number of aromatic nitrogens is 3. The van der Waals surface area contributed by atoms with E-state index >= 15 is 0 Å². The fourth-order valence-corrected chi connectivity index (χ4v) is 3.61. The van der Waals surface area contributed by atoms with Crippen LogP contribution in [0.25, 0.3) is 22.4 Å². The van der Waals surface area contributed by atoms with Crippen molar-refractivity contribution in [2.75, 3.05) is 0 Å². The van der Waals surface area contributed by atoms with Gasteiger partial charge in [0.05, 0.1) is 14.6 Å². The Morgan fingerprint density at radius 1 is 1.00 bits per heavy atom. The smallest absolute Gasteiger partial charge is 0.267 e. The van der Waals surface area contributed by atoms with Crippen LogP contribution in [-0.4, -0.2) is 14.6 Å². The summed E-state index contributed by atoms with van der Waals surface area (Å²) >= 11 is 13.2. The molecular formula is C17H9Cl2N3OS. The van der Waals surface area contributed by atoms with Crippen LogP contribution < -0.4 is 10.1 Å². The fraction of sp³-hybridized carbons (Fsp3) is 0. The maximum atomic E-state index is 12.7. The molecule has 0 unspecified atom stereocenters. The first-order valence-corrected chi connectivity index (χ1v) is 8.61. The van der Waals surface area contributed by atoms with Gasteiger partial charge in [0.25, 0.3) is 5.56 Å². The third-order valence-electron chi connectivity index (χ3n) is 3.52. The molecular weight excluding hydrogens is 365 g/mol. The van der Waals surface area contributed by atoms with E-state index < -0.39 is 0 Å². The SMILES string of the molecule is O=c1c(=Cc2ccc(Cl)c(Cl)c2)sc2nnc(-c3ccccc3)n12. The van der Waals surface area contributed by atoms with E-state index in [1.807, 2.05) is 36.4 Å². The molecule has 0 radical (unpaired) electrons. The Kier molecular flexibility index (Phi) is 3.84.